The molecule has 0 bridgehead atoms. The Labute approximate surface area is 118 Å². The minimum absolute atomic E-state index is 0.0701. The molecule has 2 unspecified atom stereocenters. The smallest absolute Gasteiger partial charge is 0.193 e. The van der Waals surface area contributed by atoms with E-state index >= 15 is 0 Å². The maximum atomic E-state index is 12.3. The van der Waals surface area contributed by atoms with Gasteiger partial charge in [-0.05, 0) is 25.0 Å². The van der Waals surface area contributed by atoms with Crippen LogP contribution in [0.25, 0.3) is 0 Å². The highest BCUT2D eigenvalue weighted by atomic mass is 16.3. The van der Waals surface area contributed by atoms with Gasteiger partial charge in [-0.3, -0.25) is 4.79 Å². The number of carbonyl (C=O) groups excluding carboxylic acids is 1. The molecule has 0 aliphatic rings. The Morgan fingerprint density at radius 1 is 0.750 bits per heavy atom. The van der Waals surface area contributed by atoms with E-state index in [2.05, 4.69) is 0 Å². The molecule has 2 atom stereocenters. The van der Waals surface area contributed by atoms with Gasteiger partial charge in [0.25, 0.3) is 0 Å². The second kappa shape index (κ2) is 5.99. The quantitative estimate of drug-likeness (QED) is 0.840. The molecular formula is C17H18O3. The summed E-state index contributed by atoms with van der Waals surface area (Å²) in [6, 6.07) is 13.9. The Morgan fingerprint density at radius 2 is 1.05 bits per heavy atom. The van der Waals surface area contributed by atoms with Gasteiger partial charge in [0.1, 0.15) is 0 Å². The molecule has 0 aliphatic heterocycles. The second-order valence-electron chi connectivity index (χ2n) is 4.93. The lowest BCUT2D eigenvalue weighted by Gasteiger charge is -2.07. The van der Waals surface area contributed by atoms with Gasteiger partial charge in [0, 0.05) is 11.1 Å². The summed E-state index contributed by atoms with van der Waals surface area (Å²) in [5, 5.41) is 18.9. The third-order valence-corrected chi connectivity index (χ3v) is 3.31. The number of hydrogen-bond donors (Lipinski definition) is 2. The highest BCUT2D eigenvalue weighted by Crippen LogP contribution is 2.17. The zero-order chi connectivity index (χ0) is 14.7. The lowest BCUT2D eigenvalue weighted by Crippen LogP contribution is -2.02. The van der Waals surface area contributed by atoms with E-state index in [-0.39, 0.29) is 5.78 Å². The largest absolute Gasteiger partial charge is 0.389 e. The standard InChI is InChI=1S/C17H18O3/c1-11(18)13-3-7-15(8-4-13)17(20)16-9-5-14(6-10-16)12(2)19/h3-12,18-19H,1-2H3. The number of aliphatic hydroxyl groups excluding tert-OH is 2. The molecule has 2 aromatic rings. The normalized spacial score (nSPS) is 13.8. The molecule has 2 aromatic carbocycles. The molecule has 0 spiro atoms. The third kappa shape index (κ3) is 3.13. The number of hydrogen-bond acceptors (Lipinski definition) is 3. The van der Waals surface area contributed by atoms with Gasteiger partial charge in [-0.25, -0.2) is 0 Å². The summed E-state index contributed by atoms with van der Waals surface area (Å²) in [4.78, 5) is 12.3. The molecule has 3 nitrogen and oxygen atoms in total. The van der Waals surface area contributed by atoms with Crippen LogP contribution in [0.2, 0.25) is 0 Å². The van der Waals surface area contributed by atoms with Crippen LogP contribution < -0.4 is 0 Å². The van der Waals surface area contributed by atoms with E-state index in [4.69, 9.17) is 0 Å². The van der Waals surface area contributed by atoms with Crippen molar-refractivity contribution in [1.29, 1.82) is 0 Å². The first-order chi connectivity index (χ1) is 9.49. The molecule has 0 saturated heterocycles. The van der Waals surface area contributed by atoms with Crippen LogP contribution in [0.3, 0.4) is 0 Å². The number of benzene rings is 2. The van der Waals surface area contributed by atoms with Crippen molar-refractivity contribution < 1.29 is 15.0 Å². The first-order valence-electron chi connectivity index (χ1n) is 6.60. The van der Waals surface area contributed by atoms with Crippen LogP contribution >= 0.6 is 0 Å². The molecule has 0 aromatic heterocycles. The van der Waals surface area contributed by atoms with Gasteiger partial charge >= 0.3 is 0 Å². The van der Waals surface area contributed by atoms with Gasteiger partial charge in [0.15, 0.2) is 5.78 Å². The summed E-state index contributed by atoms with van der Waals surface area (Å²) in [7, 11) is 0. The van der Waals surface area contributed by atoms with Crippen molar-refractivity contribution in [3.05, 3.63) is 70.8 Å². The van der Waals surface area contributed by atoms with Gasteiger partial charge in [0.2, 0.25) is 0 Å². The highest BCUT2D eigenvalue weighted by molar-refractivity contribution is 6.09. The van der Waals surface area contributed by atoms with Crippen molar-refractivity contribution in [3.8, 4) is 0 Å². The second-order valence-corrected chi connectivity index (χ2v) is 4.93. The third-order valence-electron chi connectivity index (χ3n) is 3.31. The van der Waals surface area contributed by atoms with Crippen molar-refractivity contribution in [2.75, 3.05) is 0 Å². The molecule has 0 heterocycles. The zero-order valence-electron chi connectivity index (χ0n) is 11.6. The van der Waals surface area contributed by atoms with Crippen molar-refractivity contribution in [1.82, 2.24) is 0 Å². The highest BCUT2D eigenvalue weighted by Gasteiger charge is 2.10. The fraction of sp³-hybridized carbons (Fsp3) is 0.235. The topological polar surface area (TPSA) is 57.5 Å². The lowest BCUT2D eigenvalue weighted by molar-refractivity contribution is 0.103. The number of aliphatic hydroxyl groups is 2. The van der Waals surface area contributed by atoms with E-state index in [9.17, 15) is 15.0 Å². The SMILES string of the molecule is CC(O)c1ccc(C(=O)c2ccc(C(C)O)cc2)cc1. The molecule has 2 N–H and O–H groups in total. The number of ketones is 1. The fourth-order valence-corrected chi connectivity index (χ4v) is 1.99. The van der Waals surface area contributed by atoms with Crippen molar-refractivity contribution in [2.45, 2.75) is 26.1 Å². The molecule has 0 saturated carbocycles. The van der Waals surface area contributed by atoms with Gasteiger partial charge in [-0.1, -0.05) is 48.5 Å². The van der Waals surface area contributed by atoms with Crippen LogP contribution in [-0.4, -0.2) is 16.0 Å². The van der Waals surface area contributed by atoms with E-state index in [1.807, 2.05) is 0 Å². The van der Waals surface area contributed by atoms with E-state index in [1.165, 1.54) is 0 Å². The van der Waals surface area contributed by atoms with Crippen molar-refractivity contribution >= 4 is 5.78 Å². The minimum atomic E-state index is -0.538. The molecular weight excluding hydrogens is 252 g/mol. The van der Waals surface area contributed by atoms with E-state index in [0.29, 0.717) is 11.1 Å². The maximum absolute atomic E-state index is 12.3. The Balaban J connectivity index is 2.22. The predicted molar refractivity (Wildman–Crippen MR) is 77.6 cm³/mol. The zero-order valence-corrected chi connectivity index (χ0v) is 11.6. The van der Waals surface area contributed by atoms with E-state index in [1.54, 1.807) is 62.4 Å². The Bertz CT molecular complexity index is 527. The predicted octanol–water partition coefficient (Wildman–Crippen LogP) is 3.02. The molecule has 0 amide bonds. The number of carbonyl (C=O) groups is 1. The summed E-state index contributed by atoms with van der Waals surface area (Å²) in [6.07, 6.45) is -1.08. The first-order valence-corrected chi connectivity index (χ1v) is 6.60. The van der Waals surface area contributed by atoms with Crippen LogP contribution in [0.4, 0.5) is 0 Å². The van der Waals surface area contributed by atoms with Crippen LogP contribution in [0.15, 0.2) is 48.5 Å². The lowest BCUT2D eigenvalue weighted by atomic mass is 9.99. The Kier molecular flexibility index (Phi) is 4.32. The maximum Gasteiger partial charge on any atom is 0.193 e. The van der Waals surface area contributed by atoms with Gasteiger partial charge in [-0.15, -0.1) is 0 Å². The minimum Gasteiger partial charge on any atom is -0.389 e. The Hall–Kier alpha value is -1.97. The number of rotatable bonds is 4. The monoisotopic (exact) mass is 270 g/mol. The molecule has 0 aliphatic carbocycles. The molecule has 2 rings (SSSR count). The van der Waals surface area contributed by atoms with Gasteiger partial charge in [-0.2, -0.15) is 0 Å². The molecule has 0 radical (unpaired) electrons. The molecule has 104 valence electrons. The van der Waals surface area contributed by atoms with Gasteiger partial charge in [0.05, 0.1) is 12.2 Å². The van der Waals surface area contributed by atoms with Crippen LogP contribution in [0.1, 0.15) is 53.1 Å². The summed E-state index contributed by atoms with van der Waals surface area (Å²) < 4.78 is 0. The summed E-state index contributed by atoms with van der Waals surface area (Å²) in [5.74, 6) is -0.0701. The molecule has 3 heteroatoms. The fourth-order valence-electron chi connectivity index (χ4n) is 1.99. The van der Waals surface area contributed by atoms with Crippen molar-refractivity contribution in [2.24, 2.45) is 0 Å². The van der Waals surface area contributed by atoms with Gasteiger partial charge < -0.3 is 10.2 Å². The van der Waals surface area contributed by atoms with E-state index in [0.717, 1.165) is 11.1 Å². The van der Waals surface area contributed by atoms with Crippen LogP contribution in [-0.2, 0) is 0 Å². The van der Waals surface area contributed by atoms with Crippen LogP contribution in [0, 0.1) is 0 Å². The first kappa shape index (κ1) is 14.4. The van der Waals surface area contributed by atoms with Crippen LogP contribution in [0.5, 0.6) is 0 Å². The molecule has 20 heavy (non-hydrogen) atoms. The average Bonchev–Trinajstić information content (AvgIpc) is 2.46. The van der Waals surface area contributed by atoms with Crippen molar-refractivity contribution in [3.63, 3.8) is 0 Å². The van der Waals surface area contributed by atoms with E-state index < -0.39 is 12.2 Å². The summed E-state index contributed by atoms with van der Waals surface area (Å²) in [5.41, 5.74) is 2.73. The molecule has 0 fully saturated rings. The summed E-state index contributed by atoms with van der Waals surface area (Å²) in [6.45, 7) is 3.37. The Morgan fingerprint density at radius 3 is 1.30 bits per heavy atom. The summed E-state index contributed by atoms with van der Waals surface area (Å²) >= 11 is 0. The average molecular weight is 270 g/mol.